The molecule has 3 rings (SSSR count). The SMILES string of the molecule is CC1(CN)CCN(CC(=O)Nc2cccc(S(=O)(=O)N3CCOCC3)c2)C1. The molecule has 2 aliphatic rings. The molecule has 2 fully saturated rings. The molecule has 0 aromatic heterocycles. The van der Waals surface area contributed by atoms with E-state index >= 15 is 0 Å². The number of nitrogens with two attached hydrogens (primary N) is 1. The molecule has 1 unspecified atom stereocenters. The van der Waals surface area contributed by atoms with Crippen molar-refractivity contribution in [2.75, 3.05) is 57.8 Å². The predicted octanol–water partition coefficient (Wildman–Crippen LogP) is 0.317. The van der Waals surface area contributed by atoms with Crippen molar-refractivity contribution in [2.24, 2.45) is 11.1 Å². The fraction of sp³-hybridized carbons (Fsp3) is 0.611. The number of likely N-dealkylation sites (tertiary alicyclic amines) is 1. The first-order valence-corrected chi connectivity index (χ1v) is 10.7. The van der Waals surface area contributed by atoms with E-state index in [1.807, 2.05) is 0 Å². The van der Waals surface area contributed by atoms with Gasteiger partial charge in [-0.3, -0.25) is 9.69 Å². The molecule has 27 heavy (non-hydrogen) atoms. The van der Waals surface area contributed by atoms with Crippen molar-refractivity contribution >= 4 is 21.6 Å². The number of anilines is 1. The van der Waals surface area contributed by atoms with Crippen LogP contribution in [-0.4, -0.2) is 76.0 Å². The molecular weight excluding hydrogens is 368 g/mol. The fourth-order valence-corrected chi connectivity index (χ4v) is 4.96. The molecule has 150 valence electrons. The van der Waals surface area contributed by atoms with Gasteiger partial charge in [-0.05, 0) is 43.1 Å². The number of sulfonamides is 1. The first kappa shape index (κ1) is 20.2. The first-order chi connectivity index (χ1) is 12.8. The van der Waals surface area contributed by atoms with Crippen LogP contribution in [0.25, 0.3) is 0 Å². The van der Waals surface area contributed by atoms with Gasteiger partial charge in [-0.2, -0.15) is 4.31 Å². The lowest BCUT2D eigenvalue weighted by atomic mass is 9.90. The van der Waals surface area contributed by atoms with Gasteiger partial charge in [0.15, 0.2) is 0 Å². The molecule has 8 nitrogen and oxygen atoms in total. The molecule has 0 spiro atoms. The minimum atomic E-state index is -3.58. The zero-order valence-corrected chi connectivity index (χ0v) is 16.5. The van der Waals surface area contributed by atoms with Gasteiger partial charge in [0, 0.05) is 25.3 Å². The molecule has 0 bridgehead atoms. The van der Waals surface area contributed by atoms with Crippen LogP contribution in [0.1, 0.15) is 13.3 Å². The van der Waals surface area contributed by atoms with Crippen molar-refractivity contribution in [1.82, 2.24) is 9.21 Å². The van der Waals surface area contributed by atoms with Gasteiger partial charge in [0.05, 0.1) is 24.7 Å². The number of nitrogens with zero attached hydrogens (tertiary/aromatic N) is 2. The molecule has 2 aliphatic heterocycles. The summed E-state index contributed by atoms with van der Waals surface area (Å²) in [5.41, 5.74) is 6.35. The van der Waals surface area contributed by atoms with E-state index in [-0.39, 0.29) is 22.8 Å². The summed E-state index contributed by atoms with van der Waals surface area (Å²) in [6.07, 6.45) is 0.976. The zero-order chi connectivity index (χ0) is 19.5. The van der Waals surface area contributed by atoms with Gasteiger partial charge < -0.3 is 15.8 Å². The number of rotatable bonds is 6. The molecule has 1 amide bonds. The lowest BCUT2D eigenvalue weighted by Gasteiger charge is -2.26. The lowest BCUT2D eigenvalue weighted by Crippen LogP contribution is -2.40. The smallest absolute Gasteiger partial charge is 0.243 e. The maximum absolute atomic E-state index is 12.7. The molecule has 0 aliphatic carbocycles. The van der Waals surface area contributed by atoms with Crippen LogP contribution in [0.2, 0.25) is 0 Å². The van der Waals surface area contributed by atoms with Gasteiger partial charge in [-0.1, -0.05) is 13.0 Å². The second-order valence-corrected chi connectivity index (χ2v) is 9.51. The van der Waals surface area contributed by atoms with Gasteiger partial charge in [0.25, 0.3) is 0 Å². The lowest BCUT2D eigenvalue weighted by molar-refractivity contribution is -0.117. The van der Waals surface area contributed by atoms with Crippen LogP contribution in [0.3, 0.4) is 0 Å². The van der Waals surface area contributed by atoms with E-state index in [1.165, 1.54) is 10.4 Å². The largest absolute Gasteiger partial charge is 0.379 e. The molecule has 1 aromatic carbocycles. The molecule has 2 saturated heterocycles. The third-order valence-electron chi connectivity index (χ3n) is 5.22. The summed E-state index contributed by atoms with van der Waals surface area (Å²) in [4.78, 5) is 14.6. The van der Waals surface area contributed by atoms with E-state index in [9.17, 15) is 13.2 Å². The van der Waals surface area contributed by atoms with Crippen LogP contribution in [0.4, 0.5) is 5.69 Å². The Morgan fingerprint density at radius 3 is 2.70 bits per heavy atom. The Morgan fingerprint density at radius 1 is 1.30 bits per heavy atom. The third kappa shape index (κ3) is 4.85. The highest BCUT2D eigenvalue weighted by Crippen LogP contribution is 2.28. The van der Waals surface area contributed by atoms with Crippen LogP contribution in [-0.2, 0) is 19.6 Å². The number of hydrogen-bond acceptors (Lipinski definition) is 6. The highest BCUT2D eigenvalue weighted by molar-refractivity contribution is 7.89. The average molecular weight is 397 g/mol. The number of morpholine rings is 1. The van der Waals surface area contributed by atoms with Crippen molar-refractivity contribution < 1.29 is 17.9 Å². The minimum Gasteiger partial charge on any atom is -0.379 e. The minimum absolute atomic E-state index is 0.0619. The maximum Gasteiger partial charge on any atom is 0.243 e. The Bertz CT molecular complexity index is 779. The Morgan fingerprint density at radius 2 is 2.04 bits per heavy atom. The summed E-state index contributed by atoms with van der Waals surface area (Å²) in [6, 6.07) is 6.40. The molecule has 0 saturated carbocycles. The highest BCUT2D eigenvalue weighted by atomic mass is 32.2. The van der Waals surface area contributed by atoms with Crippen molar-refractivity contribution in [1.29, 1.82) is 0 Å². The summed E-state index contributed by atoms with van der Waals surface area (Å²) in [6.45, 7) is 6.12. The van der Waals surface area contributed by atoms with E-state index in [4.69, 9.17) is 10.5 Å². The standard InChI is InChI=1S/C18H28N4O4S/c1-18(13-19)5-6-21(14-18)12-17(23)20-15-3-2-4-16(11-15)27(24,25)22-7-9-26-10-8-22/h2-4,11H,5-10,12-14,19H2,1H3,(H,20,23). The molecule has 3 N–H and O–H groups in total. The molecule has 1 atom stereocenters. The Kier molecular flexibility index (Phi) is 6.17. The monoisotopic (exact) mass is 396 g/mol. The molecule has 0 radical (unpaired) electrons. The van der Waals surface area contributed by atoms with Crippen molar-refractivity contribution in [3.05, 3.63) is 24.3 Å². The normalized spacial score (nSPS) is 24.8. The fourth-order valence-electron chi connectivity index (χ4n) is 3.50. The summed E-state index contributed by atoms with van der Waals surface area (Å²) >= 11 is 0. The van der Waals surface area contributed by atoms with Crippen LogP contribution in [0.5, 0.6) is 0 Å². The summed E-state index contributed by atoms with van der Waals surface area (Å²) < 4.78 is 32.1. The summed E-state index contributed by atoms with van der Waals surface area (Å²) in [7, 11) is -3.58. The number of hydrogen-bond donors (Lipinski definition) is 2. The van der Waals surface area contributed by atoms with Crippen LogP contribution >= 0.6 is 0 Å². The number of carbonyl (C=O) groups excluding carboxylic acids is 1. The van der Waals surface area contributed by atoms with E-state index < -0.39 is 10.0 Å². The van der Waals surface area contributed by atoms with E-state index in [0.29, 0.717) is 38.5 Å². The van der Waals surface area contributed by atoms with Crippen molar-refractivity contribution in [3.8, 4) is 0 Å². The van der Waals surface area contributed by atoms with Gasteiger partial charge in [0.2, 0.25) is 15.9 Å². The van der Waals surface area contributed by atoms with Gasteiger partial charge in [0.1, 0.15) is 0 Å². The van der Waals surface area contributed by atoms with Gasteiger partial charge >= 0.3 is 0 Å². The zero-order valence-electron chi connectivity index (χ0n) is 15.7. The summed E-state index contributed by atoms with van der Waals surface area (Å²) in [5, 5.41) is 2.81. The number of amides is 1. The first-order valence-electron chi connectivity index (χ1n) is 9.23. The molecular formula is C18H28N4O4S. The number of carbonyl (C=O) groups is 1. The molecule has 2 heterocycles. The predicted molar refractivity (Wildman–Crippen MR) is 103 cm³/mol. The van der Waals surface area contributed by atoms with Crippen molar-refractivity contribution in [2.45, 2.75) is 18.2 Å². The topological polar surface area (TPSA) is 105 Å². The number of ether oxygens (including phenoxy) is 1. The molecule has 9 heteroatoms. The van der Waals surface area contributed by atoms with Gasteiger partial charge in [-0.25, -0.2) is 8.42 Å². The highest BCUT2D eigenvalue weighted by Gasteiger charge is 2.33. The Balaban J connectivity index is 1.63. The van der Waals surface area contributed by atoms with Crippen molar-refractivity contribution in [3.63, 3.8) is 0 Å². The summed E-state index contributed by atoms with van der Waals surface area (Å²) in [5.74, 6) is -0.155. The Labute approximate surface area is 160 Å². The van der Waals surface area contributed by atoms with E-state index in [0.717, 1.165) is 19.5 Å². The van der Waals surface area contributed by atoms with E-state index in [1.54, 1.807) is 18.2 Å². The number of nitrogens with one attached hydrogen (secondary N) is 1. The Hall–Kier alpha value is -1.52. The van der Waals surface area contributed by atoms with E-state index in [2.05, 4.69) is 17.1 Å². The van der Waals surface area contributed by atoms with Crippen LogP contribution in [0.15, 0.2) is 29.2 Å². The maximum atomic E-state index is 12.7. The van der Waals surface area contributed by atoms with Gasteiger partial charge in [-0.15, -0.1) is 0 Å². The van der Waals surface area contributed by atoms with Crippen LogP contribution in [0, 0.1) is 5.41 Å². The third-order valence-corrected chi connectivity index (χ3v) is 7.12. The van der Waals surface area contributed by atoms with Crippen LogP contribution < -0.4 is 11.1 Å². The second kappa shape index (κ2) is 8.24. The number of benzene rings is 1. The molecule has 1 aromatic rings. The quantitative estimate of drug-likeness (QED) is 0.717. The average Bonchev–Trinajstić information content (AvgIpc) is 3.04. The second-order valence-electron chi connectivity index (χ2n) is 7.57.